The van der Waals surface area contributed by atoms with Gasteiger partial charge in [-0.3, -0.25) is 9.79 Å². The van der Waals surface area contributed by atoms with Gasteiger partial charge in [0, 0.05) is 37.7 Å². The third-order valence-electron chi connectivity index (χ3n) is 4.90. The van der Waals surface area contributed by atoms with Gasteiger partial charge in [-0.25, -0.2) is 0 Å². The van der Waals surface area contributed by atoms with Crippen LogP contribution in [0.5, 0.6) is 5.75 Å². The Bertz CT molecular complexity index is 854. The fourth-order valence-corrected chi connectivity index (χ4v) is 3.32. The van der Waals surface area contributed by atoms with Gasteiger partial charge in [0.05, 0.1) is 12.2 Å². The molecule has 0 saturated carbocycles. The normalized spacial score (nSPS) is 13.6. The van der Waals surface area contributed by atoms with Gasteiger partial charge in [-0.05, 0) is 36.6 Å². The largest absolute Gasteiger partial charge is 0.492 e. The van der Waals surface area contributed by atoms with E-state index in [1.807, 2.05) is 18.2 Å². The number of fused-ring (bicyclic) bond motifs is 1. The lowest BCUT2D eigenvalue weighted by atomic mass is 10.0. The van der Waals surface area contributed by atoms with Gasteiger partial charge in [0.2, 0.25) is 5.91 Å². The number of nitrogens with one attached hydrogen (secondary N) is 3. The second kappa shape index (κ2) is 9.95. The molecule has 0 saturated heterocycles. The number of hydrogen-bond acceptors (Lipinski definition) is 5. The SMILES string of the molecule is CCc1noc(CC)c1CNC(=NC)NCCOc1ccc2c(c1)CCC(=O)N2. The van der Waals surface area contributed by atoms with Gasteiger partial charge in [0.15, 0.2) is 5.96 Å². The van der Waals surface area contributed by atoms with Gasteiger partial charge in [0.1, 0.15) is 18.1 Å². The van der Waals surface area contributed by atoms with Gasteiger partial charge in [0.25, 0.3) is 0 Å². The van der Waals surface area contributed by atoms with Crippen molar-refractivity contribution in [3.63, 3.8) is 0 Å². The summed E-state index contributed by atoms with van der Waals surface area (Å²) in [6.45, 7) is 5.85. The van der Waals surface area contributed by atoms with E-state index in [-0.39, 0.29) is 5.91 Å². The Morgan fingerprint density at radius 2 is 2.14 bits per heavy atom. The van der Waals surface area contributed by atoms with Crippen molar-refractivity contribution >= 4 is 17.6 Å². The molecule has 156 valence electrons. The Labute approximate surface area is 171 Å². The average Bonchev–Trinajstić information content (AvgIpc) is 3.15. The van der Waals surface area contributed by atoms with E-state index in [1.54, 1.807) is 7.05 Å². The number of rotatable bonds is 8. The first-order chi connectivity index (χ1) is 14.1. The maximum absolute atomic E-state index is 11.4. The van der Waals surface area contributed by atoms with Gasteiger partial charge < -0.3 is 25.2 Å². The first-order valence-electron chi connectivity index (χ1n) is 10.1. The molecular formula is C21H29N5O3. The van der Waals surface area contributed by atoms with Crippen LogP contribution in [0, 0.1) is 0 Å². The summed E-state index contributed by atoms with van der Waals surface area (Å²) in [7, 11) is 1.74. The minimum absolute atomic E-state index is 0.0672. The molecule has 0 aliphatic carbocycles. The molecular weight excluding hydrogens is 370 g/mol. The molecule has 0 atom stereocenters. The van der Waals surface area contributed by atoms with Crippen LogP contribution in [0.1, 0.15) is 42.8 Å². The molecule has 1 amide bonds. The van der Waals surface area contributed by atoms with Crippen molar-refractivity contribution in [3.8, 4) is 5.75 Å². The second-order valence-corrected chi connectivity index (χ2v) is 6.81. The molecule has 8 heteroatoms. The number of amides is 1. The van der Waals surface area contributed by atoms with E-state index in [1.165, 1.54) is 0 Å². The van der Waals surface area contributed by atoms with Gasteiger partial charge >= 0.3 is 0 Å². The summed E-state index contributed by atoms with van der Waals surface area (Å²) in [5, 5.41) is 13.6. The number of aryl methyl sites for hydroxylation is 3. The number of hydrogen-bond donors (Lipinski definition) is 3. The van der Waals surface area contributed by atoms with E-state index in [0.717, 1.165) is 53.3 Å². The van der Waals surface area contributed by atoms with Crippen LogP contribution in [0.4, 0.5) is 5.69 Å². The summed E-state index contributed by atoms with van der Waals surface area (Å²) in [6.07, 6.45) is 2.92. The molecule has 0 bridgehead atoms. The van der Waals surface area contributed by atoms with Gasteiger partial charge in [-0.2, -0.15) is 0 Å². The molecule has 2 heterocycles. The zero-order valence-corrected chi connectivity index (χ0v) is 17.3. The van der Waals surface area contributed by atoms with Gasteiger partial charge in [-0.1, -0.05) is 19.0 Å². The molecule has 3 N–H and O–H groups in total. The lowest BCUT2D eigenvalue weighted by Gasteiger charge is -2.18. The highest BCUT2D eigenvalue weighted by Crippen LogP contribution is 2.26. The number of aromatic nitrogens is 1. The number of carbonyl (C=O) groups excluding carboxylic acids is 1. The molecule has 2 aromatic rings. The summed E-state index contributed by atoms with van der Waals surface area (Å²) in [5.74, 6) is 2.48. The fraction of sp³-hybridized carbons (Fsp3) is 0.476. The molecule has 1 aliphatic heterocycles. The highest BCUT2D eigenvalue weighted by Gasteiger charge is 2.15. The van der Waals surface area contributed by atoms with E-state index in [2.05, 4.69) is 39.9 Å². The summed E-state index contributed by atoms with van der Waals surface area (Å²) >= 11 is 0. The maximum Gasteiger partial charge on any atom is 0.224 e. The van der Waals surface area contributed by atoms with Gasteiger partial charge in [-0.15, -0.1) is 0 Å². The molecule has 1 aromatic carbocycles. The van der Waals surface area contributed by atoms with E-state index >= 15 is 0 Å². The Kier molecular flexibility index (Phi) is 7.10. The molecule has 0 fully saturated rings. The third kappa shape index (κ3) is 5.28. The topological polar surface area (TPSA) is 101 Å². The Morgan fingerprint density at radius 3 is 2.90 bits per heavy atom. The predicted molar refractivity (Wildman–Crippen MR) is 112 cm³/mol. The van der Waals surface area contributed by atoms with Crippen molar-refractivity contribution in [2.75, 3.05) is 25.5 Å². The van der Waals surface area contributed by atoms with Crippen molar-refractivity contribution in [2.45, 2.75) is 46.1 Å². The Balaban J connectivity index is 1.45. The number of anilines is 1. The summed E-state index contributed by atoms with van der Waals surface area (Å²) in [6, 6.07) is 5.76. The van der Waals surface area contributed by atoms with Crippen LogP contribution < -0.4 is 20.7 Å². The first-order valence-corrected chi connectivity index (χ1v) is 10.1. The lowest BCUT2D eigenvalue weighted by molar-refractivity contribution is -0.116. The molecule has 8 nitrogen and oxygen atoms in total. The Hall–Kier alpha value is -3.03. The molecule has 1 aliphatic rings. The van der Waals surface area contributed by atoms with Crippen molar-refractivity contribution < 1.29 is 14.1 Å². The molecule has 3 rings (SSSR count). The van der Waals surface area contributed by atoms with Crippen molar-refractivity contribution in [1.82, 2.24) is 15.8 Å². The highest BCUT2D eigenvalue weighted by molar-refractivity contribution is 5.94. The monoisotopic (exact) mass is 399 g/mol. The molecule has 1 aromatic heterocycles. The highest BCUT2D eigenvalue weighted by atomic mass is 16.5. The summed E-state index contributed by atoms with van der Waals surface area (Å²) < 4.78 is 11.2. The second-order valence-electron chi connectivity index (χ2n) is 6.81. The van der Waals surface area contributed by atoms with E-state index in [0.29, 0.717) is 32.1 Å². The molecule has 0 radical (unpaired) electrons. The number of carbonyl (C=O) groups is 1. The average molecular weight is 399 g/mol. The minimum atomic E-state index is 0.0672. The molecule has 29 heavy (non-hydrogen) atoms. The van der Waals surface area contributed by atoms with Crippen LogP contribution in [0.15, 0.2) is 27.7 Å². The van der Waals surface area contributed by atoms with E-state index in [4.69, 9.17) is 9.26 Å². The van der Waals surface area contributed by atoms with Crippen LogP contribution in [0.25, 0.3) is 0 Å². The zero-order chi connectivity index (χ0) is 20.6. The molecule has 0 unspecified atom stereocenters. The van der Waals surface area contributed by atoms with Crippen LogP contribution in [0.2, 0.25) is 0 Å². The standard InChI is InChI=1S/C21H29N5O3/c1-4-17-16(19(5-2)29-26-17)13-24-21(22-3)23-10-11-28-15-7-8-18-14(12-15)6-9-20(27)25-18/h7-8,12H,4-6,9-11,13H2,1-3H3,(H,25,27)(H2,22,23,24). The number of nitrogens with zero attached hydrogens (tertiary/aromatic N) is 2. The van der Waals surface area contributed by atoms with Crippen LogP contribution >= 0.6 is 0 Å². The first kappa shape index (κ1) is 20.7. The number of guanidine groups is 1. The molecule has 0 spiro atoms. The third-order valence-corrected chi connectivity index (χ3v) is 4.90. The zero-order valence-electron chi connectivity index (χ0n) is 17.3. The van der Waals surface area contributed by atoms with E-state index < -0.39 is 0 Å². The lowest BCUT2D eigenvalue weighted by Crippen LogP contribution is -2.39. The fourth-order valence-electron chi connectivity index (χ4n) is 3.32. The predicted octanol–water partition coefficient (Wildman–Crippen LogP) is 2.43. The maximum atomic E-state index is 11.4. The number of benzene rings is 1. The summed E-state index contributed by atoms with van der Waals surface area (Å²) in [4.78, 5) is 15.7. The summed E-state index contributed by atoms with van der Waals surface area (Å²) in [5.41, 5.74) is 4.08. The van der Waals surface area contributed by atoms with E-state index in [9.17, 15) is 4.79 Å². The van der Waals surface area contributed by atoms with Crippen molar-refractivity contribution in [2.24, 2.45) is 4.99 Å². The Morgan fingerprint density at radius 1 is 1.28 bits per heavy atom. The smallest absolute Gasteiger partial charge is 0.224 e. The van der Waals surface area contributed by atoms with Crippen LogP contribution in [-0.2, 0) is 30.6 Å². The van der Waals surface area contributed by atoms with Crippen LogP contribution in [-0.4, -0.2) is 37.2 Å². The number of ether oxygens (including phenoxy) is 1. The number of aliphatic imine (C=N–C) groups is 1. The van der Waals surface area contributed by atoms with Crippen molar-refractivity contribution in [3.05, 3.63) is 40.8 Å². The quantitative estimate of drug-likeness (QED) is 0.358. The van der Waals surface area contributed by atoms with Crippen molar-refractivity contribution in [1.29, 1.82) is 0 Å². The minimum Gasteiger partial charge on any atom is -0.492 e. The van der Waals surface area contributed by atoms with Crippen LogP contribution in [0.3, 0.4) is 0 Å².